The third kappa shape index (κ3) is 4.11. The predicted molar refractivity (Wildman–Crippen MR) is 90.5 cm³/mol. The first-order chi connectivity index (χ1) is 11.9. The monoisotopic (exact) mass is 366 g/mol. The molecule has 2 aliphatic rings. The van der Waals surface area contributed by atoms with Gasteiger partial charge in [-0.25, -0.2) is 0 Å². The Balaban J connectivity index is 1.64. The van der Waals surface area contributed by atoms with Gasteiger partial charge in [-0.1, -0.05) is 11.6 Å². The summed E-state index contributed by atoms with van der Waals surface area (Å²) in [5.41, 5.74) is 0.718. The molecule has 3 rings (SSSR count). The van der Waals surface area contributed by atoms with Crippen LogP contribution in [-0.4, -0.2) is 60.1 Å². The number of carbonyl (C=O) groups excluding carboxylic acids is 2. The minimum Gasteiger partial charge on any atom is -0.481 e. The van der Waals surface area contributed by atoms with Crippen LogP contribution in [0.25, 0.3) is 0 Å². The number of carbonyl (C=O) groups is 3. The van der Waals surface area contributed by atoms with Crippen molar-refractivity contribution in [3.63, 3.8) is 0 Å². The molecule has 0 unspecified atom stereocenters. The van der Waals surface area contributed by atoms with Gasteiger partial charge in [-0.2, -0.15) is 0 Å². The van der Waals surface area contributed by atoms with Crippen molar-refractivity contribution >= 4 is 35.1 Å². The Morgan fingerprint density at radius 2 is 1.96 bits per heavy atom. The van der Waals surface area contributed by atoms with Gasteiger partial charge in [-0.15, -0.1) is 0 Å². The van der Waals surface area contributed by atoms with Crippen LogP contribution in [-0.2, 0) is 19.1 Å². The van der Waals surface area contributed by atoms with Crippen LogP contribution in [0.5, 0.6) is 0 Å². The van der Waals surface area contributed by atoms with Crippen LogP contribution < -0.4 is 4.90 Å². The molecular weight excluding hydrogens is 348 g/mol. The van der Waals surface area contributed by atoms with E-state index >= 15 is 0 Å². The Morgan fingerprint density at radius 1 is 1.24 bits per heavy atom. The summed E-state index contributed by atoms with van der Waals surface area (Å²) in [6.45, 7) is 1.29. The molecular formula is C17H19ClN2O5. The fraction of sp³-hybridized carbons (Fsp3) is 0.471. The molecule has 7 nitrogen and oxygen atoms in total. The Morgan fingerprint density at radius 3 is 2.64 bits per heavy atom. The minimum atomic E-state index is -0.954. The Bertz CT molecular complexity index is 678. The van der Waals surface area contributed by atoms with Crippen LogP contribution >= 0.6 is 11.6 Å². The number of rotatable bonds is 4. The topological polar surface area (TPSA) is 87.2 Å². The normalized spacial score (nSPS) is 23.8. The largest absolute Gasteiger partial charge is 0.481 e. The predicted octanol–water partition coefficient (Wildman–Crippen LogP) is 1.40. The van der Waals surface area contributed by atoms with E-state index < -0.39 is 18.0 Å². The number of benzene rings is 1. The van der Waals surface area contributed by atoms with Crippen molar-refractivity contribution in [1.82, 2.24) is 4.90 Å². The zero-order valence-corrected chi connectivity index (χ0v) is 14.3. The van der Waals surface area contributed by atoms with Gasteiger partial charge < -0.3 is 19.6 Å². The molecule has 2 fully saturated rings. The van der Waals surface area contributed by atoms with Crippen LogP contribution in [0, 0.1) is 5.92 Å². The van der Waals surface area contributed by atoms with Crippen molar-refractivity contribution < 1.29 is 24.2 Å². The number of nitrogens with zero attached hydrogens (tertiary/aromatic N) is 2. The first-order valence-corrected chi connectivity index (χ1v) is 8.50. The maximum atomic E-state index is 12.7. The average molecular weight is 367 g/mol. The van der Waals surface area contributed by atoms with Gasteiger partial charge in [-0.3, -0.25) is 14.4 Å². The highest BCUT2D eigenvalue weighted by Crippen LogP contribution is 2.28. The second kappa shape index (κ2) is 7.41. The molecule has 25 heavy (non-hydrogen) atoms. The number of anilines is 1. The van der Waals surface area contributed by atoms with Crippen LogP contribution in [0.15, 0.2) is 24.3 Å². The highest BCUT2D eigenvalue weighted by molar-refractivity contribution is 6.30. The van der Waals surface area contributed by atoms with Crippen molar-refractivity contribution in [3.05, 3.63) is 29.3 Å². The lowest BCUT2D eigenvalue weighted by atomic mass is 10.1. The molecule has 0 aliphatic carbocycles. The number of hydrogen-bond acceptors (Lipinski definition) is 4. The summed E-state index contributed by atoms with van der Waals surface area (Å²) in [6, 6.07) is 6.92. The number of halogens is 1. The molecule has 134 valence electrons. The van der Waals surface area contributed by atoms with Crippen molar-refractivity contribution in [2.45, 2.75) is 18.9 Å². The highest BCUT2D eigenvalue weighted by Gasteiger charge is 2.38. The molecule has 0 aromatic heterocycles. The van der Waals surface area contributed by atoms with Crippen LogP contribution in [0.3, 0.4) is 0 Å². The second-order valence-corrected chi connectivity index (χ2v) is 6.69. The quantitative estimate of drug-likeness (QED) is 0.870. The molecule has 2 atom stereocenters. The molecule has 2 amide bonds. The maximum Gasteiger partial charge on any atom is 0.306 e. The number of carboxylic acids is 1. The summed E-state index contributed by atoms with van der Waals surface area (Å²) < 4.78 is 5.39. The van der Waals surface area contributed by atoms with E-state index in [1.807, 2.05) is 0 Å². The average Bonchev–Trinajstić information content (AvgIpc) is 2.96. The molecule has 8 heteroatoms. The smallest absolute Gasteiger partial charge is 0.306 e. The van der Waals surface area contributed by atoms with Gasteiger partial charge in [-0.05, 0) is 24.3 Å². The van der Waals surface area contributed by atoms with E-state index in [4.69, 9.17) is 21.4 Å². The van der Waals surface area contributed by atoms with Crippen molar-refractivity contribution in [3.8, 4) is 0 Å². The number of hydrogen-bond donors (Lipinski definition) is 1. The zero-order chi connectivity index (χ0) is 18.0. The summed E-state index contributed by atoms with van der Waals surface area (Å²) >= 11 is 5.87. The molecule has 2 saturated heterocycles. The van der Waals surface area contributed by atoms with Gasteiger partial charge in [0.2, 0.25) is 11.8 Å². The van der Waals surface area contributed by atoms with Crippen LogP contribution in [0.1, 0.15) is 12.8 Å². The SMILES string of the molecule is O=C(O)C[C@H]1CN(C(=O)[C@H]2CC(=O)N(c3ccc(Cl)cc3)C2)CCO1. The fourth-order valence-corrected chi connectivity index (χ4v) is 3.37. The van der Waals surface area contributed by atoms with Gasteiger partial charge in [0.15, 0.2) is 0 Å². The van der Waals surface area contributed by atoms with E-state index in [0.29, 0.717) is 24.7 Å². The summed E-state index contributed by atoms with van der Waals surface area (Å²) in [7, 11) is 0. The van der Waals surface area contributed by atoms with E-state index in [-0.39, 0.29) is 31.2 Å². The number of ether oxygens (including phenoxy) is 1. The lowest BCUT2D eigenvalue weighted by molar-refractivity contribution is -0.149. The van der Waals surface area contributed by atoms with Gasteiger partial charge in [0.25, 0.3) is 0 Å². The van der Waals surface area contributed by atoms with Crippen molar-refractivity contribution in [2.75, 3.05) is 31.1 Å². The van der Waals surface area contributed by atoms with E-state index in [1.54, 1.807) is 34.1 Å². The number of amides is 2. The van der Waals surface area contributed by atoms with E-state index in [2.05, 4.69) is 0 Å². The highest BCUT2D eigenvalue weighted by atomic mass is 35.5. The number of morpholine rings is 1. The van der Waals surface area contributed by atoms with Gasteiger partial charge >= 0.3 is 5.97 Å². The number of carboxylic acid groups (broad SMARTS) is 1. The maximum absolute atomic E-state index is 12.7. The third-order valence-electron chi connectivity index (χ3n) is 4.47. The van der Waals surface area contributed by atoms with Crippen LogP contribution in [0.2, 0.25) is 5.02 Å². The van der Waals surface area contributed by atoms with Gasteiger partial charge in [0.1, 0.15) is 0 Å². The Hall–Kier alpha value is -2.12. The van der Waals surface area contributed by atoms with Crippen molar-refractivity contribution in [1.29, 1.82) is 0 Å². The van der Waals surface area contributed by atoms with Gasteiger partial charge in [0, 0.05) is 36.8 Å². The standard InChI is InChI=1S/C17H19ClN2O5/c18-12-1-3-13(4-2-12)20-9-11(7-15(20)21)17(24)19-5-6-25-14(10-19)8-16(22)23/h1-4,11,14H,5-10H2,(H,22,23)/t11-,14-/m0/s1. The second-order valence-electron chi connectivity index (χ2n) is 6.26. The molecule has 1 N–H and O–H groups in total. The van der Waals surface area contributed by atoms with Crippen LogP contribution in [0.4, 0.5) is 5.69 Å². The molecule has 2 heterocycles. The molecule has 0 spiro atoms. The summed E-state index contributed by atoms with van der Waals surface area (Å²) in [5, 5.41) is 9.46. The molecule has 1 aromatic carbocycles. The summed E-state index contributed by atoms with van der Waals surface area (Å²) in [6.07, 6.45) is -0.480. The zero-order valence-electron chi connectivity index (χ0n) is 13.6. The summed E-state index contributed by atoms with van der Waals surface area (Å²) in [5.74, 6) is -1.60. The van der Waals surface area contributed by atoms with E-state index in [0.717, 1.165) is 5.69 Å². The molecule has 0 radical (unpaired) electrons. The minimum absolute atomic E-state index is 0.101. The molecule has 1 aromatic rings. The lowest BCUT2D eigenvalue weighted by Crippen LogP contribution is -2.48. The fourth-order valence-electron chi connectivity index (χ4n) is 3.24. The Labute approximate surface area is 150 Å². The molecule has 0 bridgehead atoms. The number of aliphatic carboxylic acids is 1. The molecule has 2 aliphatic heterocycles. The van der Waals surface area contributed by atoms with E-state index in [9.17, 15) is 14.4 Å². The van der Waals surface area contributed by atoms with Gasteiger partial charge in [0.05, 0.1) is 25.0 Å². The first kappa shape index (κ1) is 17.7. The summed E-state index contributed by atoms with van der Waals surface area (Å²) in [4.78, 5) is 39.0. The third-order valence-corrected chi connectivity index (χ3v) is 4.72. The van der Waals surface area contributed by atoms with E-state index in [1.165, 1.54) is 0 Å². The Kier molecular flexibility index (Phi) is 5.24. The first-order valence-electron chi connectivity index (χ1n) is 8.12. The lowest BCUT2D eigenvalue weighted by Gasteiger charge is -2.33. The molecule has 0 saturated carbocycles. The van der Waals surface area contributed by atoms with Crippen molar-refractivity contribution in [2.24, 2.45) is 5.92 Å².